The third kappa shape index (κ3) is 4.97. The van der Waals surface area contributed by atoms with Crippen molar-refractivity contribution in [2.45, 2.75) is 24.9 Å². The minimum Gasteiger partial charge on any atom is -0.497 e. The number of rotatable bonds is 8. The van der Waals surface area contributed by atoms with Gasteiger partial charge >= 0.3 is 0 Å². The average Bonchev–Trinajstić information content (AvgIpc) is 3.61. The maximum Gasteiger partial charge on any atom is 0.255 e. The fraction of sp³-hybridized carbons (Fsp3) is 0.217. The standard InChI is InChI=1S/C23H21ClN4O4/c1-31-18-6-7-20(19(24)10-18)32-17-4-2-15(3-5-17)11-27-22(30)23(8-9-23)28-21(29)16-12-25-14-26-13-16/h2-7,10,12-14H,8-9,11H2,1H3,(H,27,30)(H,28,29). The Kier molecular flexibility index (Phi) is 6.23. The first-order chi connectivity index (χ1) is 15.5. The van der Waals surface area contributed by atoms with Crippen molar-refractivity contribution >= 4 is 23.4 Å². The Morgan fingerprint density at radius 3 is 2.38 bits per heavy atom. The van der Waals surface area contributed by atoms with E-state index in [0.717, 1.165) is 5.56 Å². The molecule has 1 saturated carbocycles. The molecule has 0 aliphatic heterocycles. The molecule has 1 aliphatic carbocycles. The lowest BCUT2D eigenvalue weighted by Gasteiger charge is -2.17. The lowest BCUT2D eigenvalue weighted by molar-refractivity contribution is -0.124. The summed E-state index contributed by atoms with van der Waals surface area (Å²) in [7, 11) is 1.57. The number of carbonyl (C=O) groups excluding carboxylic acids is 2. The number of benzene rings is 2. The highest BCUT2D eigenvalue weighted by Gasteiger charge is 2.51. The van der Waals surface area contributed by atoms with Crippen molar-refractivity contribution in [1.29, 1.82) is 0 Å². The van der Waals surface area contributed by atoms with Gasteiger partial charge in [0.15, 0.2) is 0 Å². The number of nitrogens with one attached hydrogen (secondary N) is 2. The van der Waals surface area contributed by atoms with Crippen LogP contribution >= 0.6 is 11.6 Å². The van der Waals surface area contributed by atoms with Crippen molar-refractivity contribution in [2.75, 3.05) is 7.11 Å². The highest BCUT2D eigenvalue weighted by atomic mass is 35.5. The van der Waals surface area contributed by atoms with Gasteiger partial charge in [-0.15, -0.1) is 0 Å². The number of carbonyl (C=O) groups is 2. The lowest BCUT2D eigenvalue weighted by Crippen LogP contribution is -2.48. The molecule has 2 amide bonds. The quantitative estimate of drug-likeness (QED) is 0.542. The molecule has 0 saturated heterocycles. The Balaban J connectivity index is 1.31. The van der Waals surface area contributed by atoms with E-state index in [1.54, 1.807) is 37.4 Å². The van der Waals surface area contributed by atoms with Crippen molar-refractivity contribution in [3.05, 3.63) is 77.3 Å². The molecule has 3 aromatic rings. The summed E-state index contributed by atoms with van der Waals surface area (Å²) in [4.78, 5) is 32.6. The molecule has 32 heavy (non-hydrogen) atoms. The van der Waals surface area contributed by atoms with E-state index in [-0.39, 0.29) is 11.8 Å². The number of aromatic nitrogens is 2. The first kappa shape index (κ1) is 21.6. The molecule has 9 heteroatoms. The summed E-state index contributed by atoms with van der Waals surface area (Å²) in [6, 6.07) is 12.5. The van der Waals surface area contributed by atoms with Gasteiger partial charge in [-0.2, -0.15) is 0 Å². The molecule has 0 radical (unpaired) electrons. The fourth-order valence-corrected chi connectivity index (χ4v) is 3.29. The second kappa shape index (κ2) is 9.23. The summed E-state index contributed by atoms with van der Waals surface area (Å²) < 4.78 is 10.9. The average molecular weight is 453 g/mol. The van der Waals surface area contributed by atoms with E-state index < -0.39 is 5.54 Å². The number of amides is 2. The molecule has 0 spiro atoms. The van der Waals surface area contributed by atoms with Crippen LogP contribution in [0.25, 0.3) is 0 Å². The van der Waals surface area contributed by atoms with Crippen molar-refractivity contribution in [3.8, 4) is 17.2 Å². The minimum absolute atomic E-state index is 0.215. The van der Waals surface area contributed by atoms with E-state index in [0.29, 0.717) is 47.2 Å². The van der Waals surface area contributed by atoms with Crippen LogP contribution in [-0.4, -0.2) is 34.4 Å². The third-order valence-electron chi connectivity index (χ3n) is 5.10. The van der Waals surface area contributed by atoms with Crippen LogP contribution in [0.2, 0.25) is 5.02 Å². The van der Waals surface area contributed by atoms with Gasteiger partial charge in [0.25, 0.3) is 5.91 Å². The smallest absolute Gasteiger partial charge is 0.255 e. The molecule has 1 heterocycles. The summed E-state index contributed by atoms with van der Waals surface area (Å²) >= 11 is 6.21. The third-order valence-corrected chi connectivity index (χ3v) is 5.40. The van der Waals surface area contributed by atoms with Crippen LogP contribution in [0.3, 0.4) is 0 Å². The van der Waals surface area contributed by atoms with Gasteiger partial charge < -0.3 is 20.1 Å². The predicted octanol–water partition coefficient (Wildman–Crippen LogP) is 3.51. The van der Waals surface area contributed by atoms with E-state index in [9.17, 15) is 9.59 Å². The van der Waals surface area contributed by atoms with Crippen molar-refractivity contribution in [3.63, 3.8) is 0 Å². The molecule has 164 valence electrons. The Labute approximate surface area is 189 Å². The van der Waals surface area contributed by atoms with E-state index in [4.69, 9.17) is 21.1 Å². The van der Waals surface area contributed by atoms with E-state index in [1.807, 2.05) is 12.1 Å². The lowest BCUT2D eigenvalue weighted by atomic mass is 10.2. The number of halogens is 1. The Morgan fingerprint density at radius 2 is 1.75 bits per heavy atom. The molecule has 1 aromatic heterocycles. The molecular weight excluding hydrogens is 432 g/mol. The molecule has 1 fully saturated rings. The van der Waals surface area contributed by atoms with Crippen LogP contribution in [-0.2, 0) is 11.3 Å². The van der Waals surface area contributed by atoms with E-state index in [1.165, 1.54) is 18.7 Å². The summed E-state index contributed by atoms with van der Waals surface area (Å²) in [6.45, 7) is 0.328. The van der Waals surface area contributed by atoms with Gasteiger partial charge in [-0.3, -0.25) is 9.59 Å². The van der Waals surface area contributed by atoms with Gasteiger partial charge in [0, 0.05) is 25.0 Å². The van der Waals surface area contributed by atoms with Crippen molar-refractivity contribution in [1.82, 2.24) is 20.6 Å². The molecule has 2 aromatic carbocycles. The highest BCUT2D eigenvalue weighted by Crippen LogP contribution is 2.36. The first-order valence-corrected chi connectivity index (χ1v) is 10.3. The monoisotopic (exact) mass is 452 g/mol. The second-order valence-corrected chi connectivity index (χ2v) is 7.80. The normalized spacial score (nSPS) is 13.7. The fourth-order valence-electron chi connectivity index (χ4n) is 3.08. The van der Waals surface area contributed by atoms with Crippen LogP contribution in [0, 0.1) is 0 Å². The largest absolute Gasteiger partial charge is 0.497 e. The van der Waals surface area contributed by atoms with E-state index in [2.05, 4.69) is 20.6 Å². The maximum absolute atomic E-state index is 12.7. The molecule has 4 rings (SSSR count). The second-order valence-electron chi connectivity index (χ2n) is 7.39. The minimum atomic E-state index is -0.874. The summed E-state index contributed by atoms with van der Waals surface area (Å²) in [5.41, 5.74) is 0.338. The van der Waals surface area contributed by atoms with Gasteiger partial charge in [0.2, 0.25) is 5.91 Å². The van der Waals surface area contributed by atoms with Crippen molar-refractivity contribution in [2.24, 2.45) is 0 Å². The van der Waals surface area contributed by atoms with Crippen LogP contribution in [0.4, 0.5) is 0 Å². The molecule has 2 N–H and O–H groups in total. The number of hydrogen-bond acceptors (Lipinski definition) is 6. The maximum atomic E-state index is 12.7. The molecule has 0 unspecified atom stereocenters. The SMILES string of the molecule is COc1ccc(Oc2ccc(CNC(=O)C3(NC(=O)c4cncnc4)CC3)cc2)c(Cl)c1. The van der Waals surface area contributed by atoms with Crippen LogP contribution in [0.1, 0.15) is 28.8 Å². The van der Waals surface area contributed by atoms with E-state index >= 15 is 0 Å². The Bertz CT molecular complexity index is 1120. The first-order valence-electron chi connectivity index (χ1n) is 9.95. The number of ether oxygens (including phenoxy) is 2. The topological polar surface area (TPSA) is 102 Å². The van der Waals surface area contributed by atoms with Gasteiger partial charge in [-0.25, -0.2) is 9.97 Å². The van der Waals surface area contributed by atoms with Gasteiger partial charge in [-0.1, -0.05) is 23.7 Å². The zero-order valence-corrected chi connectivity index (χ0v) is 18.1. The molecule has 1 aliphatic rings. The molecule has 8 nitrogen and oxygen atoms in total. The van der Waals surface area contributed by atoms with Gasteiger partial charge in [0.05, 0.1) is 17.7 Å². The van der Waals surface area contributed by atoms with Crippen molar-refractivity contribution < 1.29 is 19.1 Å². The van der Waals surface area contributed by atoms with Gasteiger partial charge in [-0.05, 0) is 42.7 Å². The zero-order chi connectivity index (χ0) is 22.6. The highest BCUT2D eigenvalue weighted by molar-refractivity contribution is 6.32. The zero-order valence-electron chi connectivity index (χ0n) is 17.3. The van der Waals surface area contributed by atoms with Crippen LogP contribution in [0.15, 0.2) is 61.2 Å². The summed E-state index contributed by atoms with van der Waals surface area (Å²) in [5.74, 6) is 1.20. The number of hydrogen-bond donors (Lipinski definition) is 2. The Hall–Kier alpha value is -3.65. The summed E-state index contributed by atoms with van der Waals surface area (Å²) in [6.07, 6.45) is 5.36. The predicted molar refractivity (Wildman–Crippen MR) is 118 cm³/mol. The van der Waals surface area contributed by atoms with Gasteiger partial charge in [0.1, 0.15) is 29.1 Å². The molecule has 0 atom stereocenters. The number of nitrogens with zero attached hydrogens (tertiary/aromatic N) is 2. The Morgan fingerprint density at radius 1 is 1.06 bits per heavy atom. The van der Waals surface area contributed by atoms with Crippen LogP contribution < -0.4 is 20.1 Å². The molecular formula is C23H21ClN4O4. The van der Waals surface area contributed by atoms with Crippen LogP contribution in [0.5, 0.6) is 17.2 Å². The molecule has 0 bridgehead atoms. The number of methoxy groups -OCH3 is 1. The summed E-state index contributed by atoms with van der Waals surface area (Å²) in [5, 5.41) is 6.13.